The van der Waals surface area contributed by atoms with Gasteiger partial charge in [0.1, 0.15) is 28.5 Å². The minimum absolute atomic E-state index is 0.319. The van der Waals surface area contributed by atoms with Gasteiger partial charge in [-0.05, 0) is 21.5 Å². The van der Waals surface area contributed by atoms with E-state index in [2.05, 4.69) is 32.0 Å². The molecule has 2 heterocycles. The van der Waals surface area contributed by atoms with Gasteiger partial charge in [0.15, 0.2) is 0 Å². The summed E-state index contributed by atoms with van der Waals surface area (Å²) >= 11 is 3.46. The first kappa shape index (κ1) is 12.6. The van der Waals surface area contributed by atoms with Crippen LogP contribution in [-0.4, -0.2) is 14.5 Å². The second-order valence-electron chi connectivity index (χ2n) is 4.31. The number of hydrogen-bond donors (Lipinski definition) is 1. The smallest absolute Gasteiger partial charge is 0.148 e. The first-order chi connectivity index (χ1) is 9.72. The second kappa shape index (κ2) is 4.94. The summed E-state index contributed by atoms with van der Waals surface area (Å²) < 4.78 is 2.59. The summed E-state index contributed by atoms with van der Waals surface area (Å²) in [6.45, 7) is 0.607. The van der Waals surface area contributed by atoms with E-state index in [0.29, 0.717) is 33.6 Å². The zero-order valence-electron chi connectivity index (χ0n) is 10.4. The molecule has 0 unspecified atom stereocenters. The molecule has 1 aromatic carbocycles. The van der Waals surface area contributed by atoms with E-state index < -0.39 is 0 Å². The summed E-state index contributed by atoms with van der Waals surface area (Å²) in [7, 11) is 0. The van der Waals surface area contributed by atoms with Crippen LogP contribution in [0.2, 0.25) is 0 Å². The third kappa shape index (κ3) is 1.92. The largest absolute Gasteiger partial charge is 0.383 e. The van der Waals surface area contributed by atoms with E-state index in [4.69, 9.17) is 5.73 Å². The summed E-state index contributed by atoms with van der Waals surface area (Å²) in [4.78, 5) is 8.22. The summed E-state index contributed by atoms with van der Waals surface area (Å²) in [5.41, 5.74) is 8.11. The van der Waals surface area contributed by atoms with Gasteiger partial charge in [-0.3, -0.25) is 0 Å². The Morgan fingerprint density at radius 3 is 2.70 bits per heavy atom. The average Bonchev–Trinajstić information content (AvgIpc) is 2.74. The summed E-state index contributed by atoms with van der Waals surface area (Å²) in [5, 5.41) is 9.91. The van der Waals surface area contributed by atoms with E-state index in [1.807, 2.05) is 34.9 Å². The highest BCUT2D eigenvalue weighted by atomic mass is 79.9. The number of fused-ring (bicyclic) bond motifs is 1. The molecule has 6 heteroatoms. The van der Waals surface area contributed by atoms with Gasteiger partial charge in [0.2, 0.25) is 0 Å². The van der Waals surface area contributed by atoms with E-state index in [-0.39, 0.29) is 0 Å². The molecule has 0 aliphatic carbocycles. The van der Waals surface area contributed by atoms with Crippen LogP contribution in [0.1, 0.15) is 11.1 Å². The maximum atomic E-state index is 9.32. The van der Waals surface area contributed by atoms with Gasteiger partial charge in [-0.1, -0.05) is 30.3 Å². The predicted octanol–water partition coefficient (Wildman–Crippen LogP) is 2.70. The molecular formula is C14H10BrN5. The van der Waals surface area contributed by atoms with E-state index in [0.717, 1.165) is 5.56 Å². The molecule has 0 amide bonds. The van der Waals surface area contributed by atoms with Gasteiger partial charge < -0.3 is 10.3 Å². The van der Waals surface area contributed by atoms with Crippen LogP contribution in [-0.2, 0) is 6.54 Å². The van der Waals surface area contributed by atoms with Crippen molar-refractivity contribution in [2.24, 2.45) is 0 Å². The quantitative estimate of drug-likeness (QED) is 0.784. The maximum Gasteiger partial charge on any atom is 0.148 e. The Morgan fingerprint density at radius 1 is 1.25 bits per heavy atom. The maximum absolute atomic E-state index is 9.32. The third-order valence-electron chi connectivity index (χ3n) is 3.10. The average molecular weight is 328 g/mol. The molecule has 98 valence electrons. The van der Waals surface area contributed by atoms with Crippen molar-refractivity contribution in [3.05, 3.63) is 52.4 Å². The molecule has 5 nitrogen and oxygen atoms in total. The first-order valence-corrected chi connectivity index (χ1v) is 6.74. The molecule has 20 heavy (non-hydrogen) atoms. The molecule has 0 atom stereocenters. The normalized spacial score (nSPS) is 10.6. The molecule has 3 aromatic rings. The molecule has 3 rings (SSSR count). The molecule has 0 fully saturated rings. The number of anilines is 1. The van der Waals surface area contributed by atoms with Gasteiger partial charge in [-0.25, -0.2) is 9.97 Å². The Balaban J connectivity index is 2.24. The lowest BCUT2D eigenvalue weighted by molar-refractivity contribution is 0.804. The minimum atomic E-state index is 0.319. The van der Waals surface area contributed by atoms with Crippen LogP contribution in [0.25, 0.3) is 11.0 Å². The molecule has 0 radical (unpaired) electrons. The molecule has 0 saturated carbocycles. The van der Waals surface area contributed by atoms with Crippen molar-refractivity contribution in [1.29, 1.82) is 5.26 Å². The Morgan fingerprint density at radius 2 is 2.00 bits per heavy atom. The fraction of sp³-hybridized carbons (Fsp3) is 0.0714. The Bertz CT molecular complexity index is 817. The van der Waals surface area contributed by atoms with Gasteiger partial charge in [-0.15, -0.1) is 0 Å². The number of nitrogens with zero attached hydrogens (tertiary/aromatic N) is 4. The zero-order chi connectivity index (χ0) is 14.1. The standard InChI is InChI=1S/C14H10BrN5/c15-12-10(6-16)11-13(17)18-8-19-14(11)20(12)7-9-4-2-1-3-5-9/h1-5,8H,7H2,(H2,17,18,19). The molecule has 0 aliphatic rings. The van der Waals surface area contributed by atoms with Gasteiger partial charge in [0.05, 0.1) is 17.5 Å². The van der Waals surface area contributed by atoms with Crippen molar-refractivity contribution in [2.75, 3.05) is 5.73 Å². The fourth-order valence-electron chi connectivity index (χ4n) is 2.18. The van der Waals surface area contributed by atoms with E-state index in [1.54, 1.807) is 0 Å². The van der Waals surface area contributed by atoms with E-state index in [9.17, 15) is 5.26 Å². The molecule has 0 spiro atoms. The molecular weight excluding hydrogens is 318 g/mol. The predicted molar refractivity (Wildman–Crippen MR) is 79.9 cm³/mol. The van der Waals surface area contributed by atoms with Crippen molar-refractivity contribution < 1.29 is 0 Å². The number of benzene rings is 1. The van der Waals surface area contributed by atoms with Gasteiger partial charge in [-0.2, -0.15) is 5.26 Å². The highest BCUT2D eigenvalue weighted by Gasteiger charge is 2.19. The van der Waals surface area contributed by atoms with Crippen LogP contribution in [0, 0.1) is 11.3 Å². The third-order valence-corrected chi connectivity index (χ3v) is 3.93. The van der Waals surface area contributed by atoms with Gasteiger partial charge >= 0.3 is 0 Å². The number of nitriles is 1. The Labute approximate surface area is 123 Å². The van der Waals surface area contributed by atoms with Crippen molar-refractivity contribution >= 4 is 32.8 Å². The fourth-order valence-corrected chi connectivity index (χ4v) is 2.76. The number of hydrogen-bond acceptors (Lipinski definition) is 4. The van der Waals surface area contributed by atoms with Crippen molar-refractivity contribution in [2.45, 2.75) is 6.54 Å². The SMILES string of the molecule is N#Cc1c(Br)n(Cc2ccccc2)c2ncnc(N)c12. The lowest BCUT2D eigenvalue weighted by Crippen LogP contribution is -2.01. The summed E-state index contributed by atoms with van der Waals surface area (Å²) in [6.07, 6.45) is 1.41. The summed E-state index contributed by atoms with van der Waals surface area (Å²) in [5.74, 6) is 0.319. The molecule has 0 saturated heterocycles. The lowest BCUT2D eigenvalue weighted by atomic mass is 10.2. The van der Waals surface area contributed by atoms with Crippen LogP contribution in [0.5, 0.6) is 0 Å². The molecule has 0 bridgehead atoms. The van der Waals surface area contributed by atoms with Crippen LogP contribution in [0.15, 0.2) is 41.3 Å². The topological polar surface area (TPSA) is 80.5 Å². The van der Waals surface area contributed by atoms with Crippen molar-refractivity contribution in [3.8, 4) is 6.07 Å². The van der Waals surface area contributed by atoms with Crippen LogP contribution < -0.4 is 5.73 Å². The van der Waals surface area contributed by atoms with Crippen LogP contribution in [0.4, 0.5) is 5.82 Å². The zero-order valence-corrected chi connectivity index (χ0v) is 12.0. The molecule has 0 aliphatic heterocycles. The minimum Gasteiger partial charge on any atom is -0.383 e. The van der Waals surface area contributed by atoms with Gasteiger partial charge in [0, 0.05) is 0 Å². The lowest BCUT2D eigenvalue weighted by Gasteiger charge is -2.06. The summed E-state index contributed by atoms with van der Waals surface area (Å²) in [6, 6.07) is 12.1. The monoisotopic (exact) mass is 327 g/mol. The molecule has 2 N–H and O–H groups in total. The second-order valence-corrected chi connectivity index (χ2v) is 5.06. The van der Waals surface area contributed by atoms with Crippen LogP contribution >= 0.6 is 15.9 Å². The number of aromatic nitrogens is 3. The van der Waals surface area contributed by atoms with E-state index in [1.165, 1.54) is 6.33 Å². The van der Waals surface area contributed by atoms with Crippen molar-refractivity contribution in [3.63, 3.8) is 0 Å². The molecule has 2 aromatic heterocycles. The van der Waals surface area contributed by atoms with Crippen molar-refractivity contribution in [1.82, 2.24) is 14.5 Å². The highest BCUT2D eigenvalue weighted by Crippen LogP contribution is 2.31. The Hall–Kier alpha value is -2.39. The van der Waals surface area contributed by atoms with E-state index >= 15 is 0 Å². The number of nitrogens with two attached hydrogens (primary N) is 1. The van der Waals surface area contributed by atoms with Gasteiger partial charge in [0.25, 0.3) is 0 Å². The highest BCUT2D eigenvalue weighted by molar-refractivity contribution is 9.10. The number of nitrogen functional groups attached to an aromatic ring is 1. The first-order valence-electron chi connectivity index (χ1n) is 5.94. The van der Waals surface area contributed by atoms with Crippen LogP contribution in [0.3, 0.4) is 0 Å². The number of rotatable bonds is 2. The Kier molecular flexibility index (Phi) is 3.12. The number of halogens is 1.